The molecule has 1 aliphatic heterocycles. The maximum atomic E-state index is 12.3. The van der Waals surface area contributed by atoms with Crippen LogP contribution in [0.15, 0.2) is 30.3 Å². The van der Waals surface area contributed by atoms with Gasteiger partial charge in [-0.25, -0.2) is 9.52 Å². The summed E-state index contributed by atoms with van der Waals surface area (Å²) >= 11 is 0. The van der Waals surface area contributed by atoms with E-state index in [-0.39, 0.29) is 18.1 Å². The Hall–Kier alpha value is -1.64. The summed E-state index contributed by atoms with van der Waals surface area (Å²) in [5.74, 6) is 0. The SMILES string of the molecule is CNS(=O)(=O)NC1CCN(C(=O)NC(C)c2ccccc2)CC1. The molecule has 1 atom stereocenters. The molecular weight excluding hydrogens is 316 g/mol. The van der Waals surface area contributed by atoms with E-state index >= 15 is 0 Å². The number of rotatable bonds is 5. The minimum absolute atomic E-state index is 0.0655. The standard InChI is InChI=1S/C15H24N4O3S/c1-12(13-6-4-3-5-7-13)17-15(20)19-10-8-14(9-11-19)18-23(21,22)16-2/h3-7,12,14,16,18H,8-11H2,1-2H3,(H,17,20). The van der Waals surface area contributed by atoms with Crippen molar-refractivity contribution in [2.24, 2.45) is 0 Å². The minimum atomic E-state index is -3.43. The van der Waals surface area contributed by atoms with Crippen molar-refractivity contribution in [1.82, 2.24) is 19.7 Å². The summed E-state index contributed by atoms with van der Waals surface area (Å²) in [6.45, 7) is 3.01. The van der Waals surface area contributed by atoms with E-state index in [1.807, 2.05) is 37.3 Å². The van der Waals surface area contributed by atoms with Crippen molar-refractivity contribution in [3.63, 3.8) is 0 Å². The molecule has 0 spiro atoms. The Balaban J connectivity index is 1.82. The van der Waals surface area contributed by atoms with Gasteiger partial charge in [0.2, 0.25) is 0 Å². The molecule has 23 heavy (non-hydrogen) atoms. The second-order valence-electron chi connectivity index (χ2n) is 5.67. The molecule has 0 aliphatic carbocycles. The highest BCUT2D eigenvalue weighted by Gasteiger charge is 2.26. The second-order valence-corrected chi connectivity index (χ2v) is 7.32. The third-order valence-electron chi connectivity index (χ3n) is 4.01. The fraction of sp³-hybridized carbons (Fsp3) is 0.533. The van der Waals surface area contributed by atoms with Crippen molar-refractivity contribution in [2.75, 3.05) is 20.1 Å². The molecule has 1 unspecified atom stereocenters. The van der Waals surface area contributed by atoms with E-state index in [0.717, 1.165) is 5.56 Å². The monoisotopic (exact) mass is 340 g/mol. The molecule has 1 fully saturated rings. The normalized spacial score (nSPS) is 17.7. The van der Waals surface area contributed by atoms with Gasteiger partial charge in [0.25, 0.3) is 10.2 Å². The summed E-state index contributed by atoms with van der Waals surface area (Å²) in [7, 11) is -2.06. The lowest BCUT2D eigenvalue weighted by molar-refractivity contribution is 0.177. The van der Waals surface area contributed by atoms with Gasteiger partial charge in [0, 0.05) is 26.2 Å². The Labute approximate surface area is 137 Å². The lowest BCUT2D eigenvalue weighted by Gasteiger charge is -2.33. The molecule has 1 aromatic carbocycles. The first-order valence-corrected chi connectivity index (χ1v) is 9.21. The van der Waals surface area contributed by atoms with Crippen LogP contribution < -0.4 is 14.8 Å². The molecule has 0 bridgehead atoms. The molecule has 2 rings (SSSR count). The molecular formula is C15H24N4O3S. The smallest absolute Gasteiger partial charge is 0.317 e. The molecule has 0 saturated carbocycles. The van der Waals surface area contributed by atoms with Gasteiger partial charge in [-0.15, -0.1) is 0 Å². The molecule has 0 aromatic heterocycles. The molecule has 128 valence electrons. The van der Waals surface area contributed by atoms with Crippen LogP contribution >= 0.6 is 0 Å². The first-order chi connectivity index (χ1) is 10.9. The van der Waals surface area contributed by atoms with Gasteiger partial charge in [-0.3, -0.25) is 0 Å². The number of carbonyl (C=O) groups excluding carboxylic acids is 1. The molecule has 1 saturated heterocycles. The largest absolute Gasteiger partial charge is 0.331 e. The van der Waals surface area contributed by atoms with Crippen molar-refractivity contribution in [2.45, 2.75) is 31.8 Å². The number of amides is 2. The fourth-order valence-corrected chi connectivity index (χ4v) is 3.37. The van der Waals surface area contributed by atoms with Crippen molar-refractivity contribution >= 4 is 16.2 Å². The van der Waals surface area contributed by atoms with E-state index in [1.165, 1.54) is 7.05 Å². The van der Waals surface area contributed by atoms with E-state index < -0.39 is 10.2 Å². The van der Waals surface area contributed by atoms with Crippen LogP contribution in [0, 0.1) is 0 Å². The molecule has 3 N–H and O–H groups in total. The van der Waals surface area contributed by atoms with E-state index in [1.54, 1.807) is 4.90 Å². The molecule has 2 amide bonds. The number of piperidine rings is 1. The first kappa shape index (κ1) is 17.7. The maximum absolute atomic E-state index is 12.3. The quantitative estimate of drug-likeness (QED) is 0.746. The number of hydrogen-bond donors (Lipinski definition) is 3. The number of nitrogens with one attached hydrogen (secondary N) is 3. The van der Waals surface area contributed by atoms with Gasteiger partial charge < -0.3 is 10.2 Å². The van der Waals surface area contributed by atoms with Crippen molar-refractivity contribution in [3.05, 3.63) is 35.9 Å². The van der Waals surface area contributed by atoms with Gasteiger partial charge in [-0.2, -0.15) is 13.1 Å². The summed E-state index contributed by atoms with van der Waals surface area (Å²) in [6.07, 6.45) is 1.21. The van der Waals surface area contributed by atoms with Crippen LogP contribution in [0.2, 0.25) is 0 Å². The van der Waals surface area contributed by atoms with Crippen molar-refractivity contribution < 1.29 is 13.2 Å². The van der Waals surface area contributed by atoms with Gasteiger partial charge in [0.15, 0.2) is 0 Å². The van der Waals surface area contributed by atoms with Crippen LogP contribution in [-0.2, 0) is 10.2 Å². The van der Waals surface area contributed by atoms with Gasteiger partial charge >= 0.3 is 6.03 Å². The Morgan fingerprint density at radius 3 is 2.39 bits per heavy atom. The predicted octanol–water partition coefficient (Wildman–Crippen LogP) is 0.975. The number of likely N-dealkylation sites (tertiary alicyclic amines) is 1. The molecule has 1 aromatic rings. The highest BCUT2D eigenvalue weighted by atomic mass is 32.2. The third kappa shape index (κ3) is 5.19. The summed E-state index contributed by atoms with van der Waals surface area (Å²) in [5, 5.41) is 2.98. The highest BCUT2D eigenvalue weighted by Crippen LogP contribution is 2.14. The Kier molecular flexibility index (Phi) is 5.97. The van der Waals surface area contributed by atoms with Crippen LogP contribution in [0.5, 0.6) is 0 Å². The third-order valence-corrected chi connectivity index (χ3v) is 5.19. The van der Waals surface area contributed by atoms with Crippen molar-refractivity contribution in [3.8, 4) is 0 Å². The van der Waals surface area contributed by atoms with Gasteiger partial charge in [0.1, 0.15) is 0 Å². The van der Waals surface area contributed by atoms with E-state index in [4.69, 9.17) is 0 Å². The summed E-state index contributed by atoms with van der Waals surface area (Å²) in [4.78, 5) is 14.0. The maximum Gasteiger partial charge on any atom is 0.317 e. The first-order valence-electron chi connectivity index (χ1n) is 7.72. The van der Waals surface area contributed by atoms with Crippen LogP contribution in [0.4, 0.5) is 4.79 Å². The molecule has 1 heterocycles. The second kappa shape index (κ2) is 7.76. The summed E-state index contributed by atoms with van der Waals surface area (Å²) in [5.41, 5.74) is 1.05. The average Bonchev–Trinajstić information content (AvgIpc) is 2.56. The lowest BCUT2D eigenvalue weighted by atomic mass is 10.1. The molecule has 7 nitrogen and oxygen atoms in total. The van der Waals surface area contributed by atoms with Crippen LogP contribution in [-0.4, -0.2) is 45.5 Å². The Morgan fingerprint density at radius 2 is 1.83 bits per heavy atom. The molecule has 0 radical (unpaired) electrons. The van der Waals surface area contributed by atoms with Gasteiger partial charge in [-0.05, 0) is 25.3 Å². The molecule has 1 aliphatic rings. The predicted molar refractivity (Wildman–Crippen MR) is 89.1 cm³/mol. The summed E-state index contributed by atoms with van der Waals surface area (Å²) in [6, 6.07) is 9.46. The number of carbonyl (C=O) groups is 1. The lowest BCUT2D eigenvalue weighted by Crippen LogP contribution is -2.51. The van der Waals surface area contributed by atoms with E-state index in [2.05, 4.69) is 14.8 Å². The zero-order valence-electron chi connectivity index (χ0n) is 13.5. The Bertz CT molecular complexity index is 613. The fourth-order valence-electron chi connectivity index (χ4n) is 2.58. The van der Waals surface area contributed by atoms with E-state index in [9.17, 15) is 13.2 Å². The topological polar surface area (TPSA) is 90.5 Å². The van der Waals surface area contributed by atoms with Gasteiger partial charge in [0.05, 0.1) is 6.04 Å². The Morgan fingerprint density at radius 1 is 1.22 bits per heavy atom. The van der Waals surface area contributed by atoms with Crippen molar-refractivity contribution in [1.29, 1.82) is 0 Å². The zero-order chi connectivity index (χ0) is 16.9. The molecule has 8 heteroatoms. The highest BCUT2D eigenvalue weighted by molar-refractivity contribution is 7.87. The van der Waals surface area contributed by atoms with Crippen LogP contribution in [0.3, 0.4) is 0 Å². The number of nitrogens with zero attached hydrogens (tertiary/aromatic N) is 1. The van der Waals surface area contributed by atoms with Gasteiger partial charge in [-0.1, -0.05) is 30.3 Å². The zero-order valence-corrected chi connectivity index (χ0v) is 14.3. The summed E-state index contributed by atoms with van der Waals surface area (Å²) < 4.78 is 27.7. The van der Waals surface area contributed by atoms with Crippen LogP contribution in [0.25, 0.3) is 0 Å². The number of benzene rings is 1. The number of hydrogen-bond acceptors (Lipinski definition) is 3. The van der Waals surface area contributed by atoms with Crippen LogP contribution in [0.1, 0.15) is 31.4 Å². The van der Waals surface area contributed by atoms with E-state index in [0.29, 0.717) is 25.9 Å². The minimum Gasteiger partial charge on any atom is -0.331 e. The average molecular weight is 340 g/mol. The number of urea groups is 1.